The molecule has 60 heavy (non-hydrogen) atoms. The van der Waals surface area contributed by atoms with Gasteiger partial charge in [-0.15, -0.1) is 10.2 Å². The van der Waals surface area contributed by atoms with E-state index in [1.807, 2.05) is 85.2 Å². The number of hydrogen-bond acceptors (Lipinski definition) is 9. The van der Waals surface area contributed by atoms with Crippen LogP contribution in [0.25, 0.3) is 33.9 Å². The van der Waals surface area contributed by atoms with Crippen molar-refractivity contribution < 1.29 is 14.4 Å². The molecule has 0 spiro atoms. The Balaban J connectivity index is 0.796. The van der Waals surface area contributed by atoms with Gasteiger partial charge in [0.15, 0.2) is 0 Å². The van der Waals surface area contributed by atoms with Crippen LogP contribution in [-0.4, -0.2) is 96.9 Å². The van der Waals surface area contributed by atoms with Crippen molar-refractivity contribution in [3.05, 3.63) is 109 Å². The summed E-state index contributed by atoms with van der Waals surface area (Å²) in [5.41, 5.74) is 7.21. The molecule has 0 atom stereocenters. The number of likely N-dealkylation sites (tertiary alicyclic amines) is 2. The van der Waals surface area contributed by atoms with Gasteiger partial charge in [0, 0.05) is 46.7 Å². The van der Waals surface area contributed by atoms with Crippen LogP contribution in [0.3, 0.4) is 0 Å². The molecule has 8 rings (SSSR count). The molecule has 0 unspecified atom stereocenters. The fourth-order valence-corrected chi connectivity index (χ4v) is 7.62. The first-order valence-corrected chi connectivity index (χ1v) is 20.8. The van der Waals surface area contributed by atoms with Gasteiger partial charge in [0.2, 0.25) is 11.8 Å². The first-order chi connectivity index (χ1) is 29.4. The van der Waals surface area contributed by atoms with Gasteiger partial charge >= 0.3 is 6.03 Å². The second-order valence-corrected chi connectivity index (χ2v) is 15.3. The van der Waals surface area contributed by atoms with E-state index in [2.05, 4.69) is 51.7 Å². The van der Waals surface area contributed by atoms with Crippen LogP contribution in [0, 0.1) is 0 Å². The van der Waals surface area contributed by atoms with Crippen molar-refractivity contribution in [2.24, 2.45) is 0 Å². The highest BCUT2D eigenvalue weighted by Crippen LogP contribution is 2.24. The van der Waals surface area contributed by atoms with Crippen LogP contribution in [0.1, 0.15) is 51.4 Å². The third-order valence-corrected chi connectivity index (χ3v) is 10.8. The molecule has 2 fully saturated rings. The highest BCUT2D eigenvalue weighted by atomic mass is 16.2. The molecule has 4 heterocycles. The molecule has 6 aromatic rings. The summed E-state index contributed by atoms with van der Waals surface area (Å²) in [7, 11) is 0. The zero-order valence-electron chi connectivity index (χ0n) is 33.6. The summed E-state index contributed by atoms with van der Waals surface area (Å²) in [6.45, 7) is 6.46. The van der Waals surface area contributed by atoms with E-state index >= 15 is 0 Å². The Morgan fingerprint density at radius 2 is 0.917 bits per heavy atom. The van der Waals surface area contributed by atoms with Crippen molar-refractivity contribution in [3.63, 3.8) is 0 Å². The monoisotopic (exact) mass is 806 g/mol. The van der Waals surface area contributed by atoms with Gasteiger partial charge in [0.1, 0.15) is 11.4 Å². The molecule has 4 amide bonds. The zero-order valence-corrected chi connectivity index (χ0v) is 33.6. The molecule has 308 valence electrons. The number of hydrogen-bond donors (Lipinski definition) is 4. The van der Waals surface area contributed by atoms with Gasteiger partial charge in [-0.3, -0.25) is 9.59 Å². The van der Waals surface area contributed by atoms with Crippen molar-refractivity contribution in [2.45, 2.75) is 51.4 Å². The SMILES string of the molecule is O=C(CCCN1CCCC1)Nc1cccc(-n2cc(-c3ccc(NC(=O)Nc4ccc(-c5cn(-c6cccc(NC(=O)CCCN7CCCC7)c6)nn5)cc4)cc3)nn2)c1. The number of amides is 4. The number of carbonyl (C=O) groups excluding carboxylic acids is 3. The number of aromatic nitrogens is 6. The number of urea groups is 1. The Morgan fingerprint density at radius 1 is 0.500 bits per heavy atom. The number of nitrogens with one attached hydrogen (secondary N) is 4. The van der Waals surface area contributed by atoms with Crippen molar-refractivity contribution in [1.29, 1.82) is 0 Å². The quantitative estimate of drug-likeness (QED) is 0.0777. The lowest BCUT2D eigenvalue weighted by molar-refractivity contribution is -0.117. The number of nitrogens with zero attached hydrogens (tertiary/aromatic N) is 8. The summed E-state index contributed by atoms with van der Waals surface area (Å²) in [6.07, 6.45) is 11.3. The molecular formula is C45H50N12O3. The van der Waals surface area contributed by atoms with Gasteiger partial charge in [-0.1, -0.05) is 46.8 Å². The first kappa shape index (κ1) is 40.1. The van der Waals surface area contributed by atoms with E-state index < -0.39 is 0 Å². The molecule has 2 aromatic heterocycles. The van der Waals surface area contributed by atoms with Gasteiger partial charge in [-0.25, -0.2) is 14.2 Å². The Hall–Kier alpha value is -6.71. The molecule has 0 aliphatic carbocycles. The third kappa shape index (κ3) is 10.9. The van der Waals surface area contributed by atoms with E-state index in [0.717, 1.165) is 74.6 Å². The minimum Gasteiger partial charge on any atom is -0.326 e. The summed E-state index contributed by atoms with van der Waals surface area (Å²) in [6, 6.07) is 29.4. The first-order valence-electron chi connectivity index (χ1n) is 20.8. The molecule has 0 saturated carbocycles. The van der Waals surface area contributed by atoms with E-state index in [9.17, 15) is 14.4 Å². The lowest BCUT2D eigenvalue weighted by atomic mass is 10.1. The van der Waals surface area contributed by atoms with Gasteiger partial charge in [-0.05, 0) is 138 Å². The standard InChI is InChI=1S/C45H50N12O3/c58-43(13-7-27-54-23-1-2-24-54)46-37-9-5-11-39(29-37)56-31-41(50-52-56)33-15-19-35(20-16-33)48-45(60)49-36-21-17-34(18-22-36)42-32-57(53-51-42)40-12-6-10-38(30-40)47-44(59)14-8-28-55-25-3-4-26-55/h5-6,9-12,15-22,29-32H,1-4,7-8,13-14,23-28H2,(H,46,58)(H,47,59)(H2,48,49,60). The topological polar surface area (TPSA) is 167 Å². The summed E-state index contributed by atoms with van der Waals surface area (Å²) >= 11 is 0. The molecule has 2 aliphatic heterocycles. The van der Waals surface area contributed by atoms with Crippen LogP contribution in [-0.2, 0) is 9.59 Å². The van der Waals surface area contributed by atoms with Crippen LogP contribution < -0.4 is 21.3 Å². The van der Waals surface area contributed by atoms with E-state index in [0.29, 0.717) is 47.0 Å². The normalized spacial score (nSPS) is 14.3. The highest BCUT2D eigenvalue weighted by molar-refractivity contribution is 6.00. The maximum Gasteiger partial charge on any atom is 0.323 e. The zero-order chi connectivity index (χ0) is 41.1. The summed E-state index contributed by atoms with van der Waals surface area (Å²) in [5, 5.41) is 29.1. The van der Waals surface area contributed by atoms with Crippen molar-refractivity contribution in [3.8, 4) is 33.9 Å². The Kier molecular flexibility index (Phi) is 12.9. The van der Waals surface area contributed by atoms with E-state index in [4.69, 9.17) is 0 Å². The minimum atomic E-state index is -0.385. The smallest absolute Gasteiger partial charge is 0.323 e. The maximum absolute atomic E-state index is 12.9. The van der Waals surface area contributed by atoms with Crippen molar-refractivity contribution >= 4 is 40.6 Å². The lowest BCUT2D eigenvalue weighted by Gasteiger charge is -2.14. The second-order valence-electron chi connectivity index (χ2n) is 15.3. The largest absolute Gasteiger partial charge is 0.326 e. The van der Waals surface area contributed by atoms with Crippen LogP contribution in [0.2, 0.25) is 0 Å². The van der Waals surface area contributed by atoms with Gasteiger partial charge < -0.3 is 31.1 Å². The Morgan fingerprint density at radius 3 is 1.33 bits per heavy atom. The Labute approximate surface area is 349 Å². The molecule has 2 saturated heterocycles. The Bertz CT molecular complexity index is 2210. The second kappa shape index (κ2) is 19.4. The van der Waals surface area contributed by atoms with Gasteiger partial charge in [0.05, 0.1) is 23.8 Å². The van der Waals surface area contributed by atoms with Crippen LogP contribution in [0.4, 0.5) is 27.5 Å². The number of carbonyl (C=O) groups is 3. The van der Waals surface area contributed by atoms with E-state index in [1.165, 1.54) is 25.7 Å². The van der Waals surface area contributed by atoms with Crippen LogP contribution in [0.15, 0.2) is 109 Å². The van der Waals surface area contributed by atoms with Gasteiger partial charge in [0.25, 0.3) is 0 Å². The summed E-state index contributed by atoms with van der Waals surface area (Å²) in [4.78, 5) is 42.8. The third-order valence-electron chi connectivity index (χ3n) is 10.8. The van der Waals surface area contributed by atoms with Crippen molar-refractivity contribution in [2.75, 3.05) is 60.5 Å². The van der Waals surface area contributed by atoms with Crippen LogP contribution in [0.5, 0.6) is 0 Å². The average molecular weight is 807 g/mol. The van der Waals surface area contributed by atoms with Crippen LogP contribution >= 0.6 is 0 Å². The predicted molar refractivity (Wildman–Crippen MR) is 233 cm³/mol. The number of rotatable bonds is 16. The van der Waals surface area contributed by atoms with E-state index in [-0.39, 0.29) is 17.8 Å². The average Bonchev–Trinajstić information content (AvgIpc) is 4.11. The summed E-state index contributed by atoms with van der Waals surface area (Å²) < 4.78 is 3.34. The van der Waals surface area contributed by atoms with Crippen molar-refractivity contribution in [1.82, 2.24) is 39.8 Å². The molecule has 2 aliphatic rings. The summed E-state index contributed by atoms with van der Waals surface area (Å²) in [5.74, 6) is 0.00905. The molecule has 15 heteroatoms. The molecule has 0 bridgehead atoms. The maximum atomic E-state index is 12.9. The fraction of sp³-hybridized carbons (Fsp3) is 0.311. The fourth-order valence-electron chi connectivity index (χ4n) is 7.62. The number of benzene rings is 4. The lowest BCUT2D eigenvalue weighted by Crippen LogP contribution is -2.22. The molecule has 4 N–H and O–H groups in total. The molecule has 4 aromatic carbocycles. The molecule has 15 nitrogen and oxygen atoms in total. The highest BCUT2D eigenvalue weighted by Gasteiger charge is 2.15. The minimum absolute atomic E-state index is 0.00452. The molecular weight excluding hydrogens is 757 g/mol. The van der Waals surface area contributed by atoms with Gasteiger partial charge in [-0.2, -0.15) is 0 Å². The molecule has 0 radical (unpaired) electrons. The predicted octanol–water partition coefficient (Wildman–Crippen LogP) is 7.46. The van der Waals surface area contributed by atoms with E-state index in [1.54, 1.807) is 33.6 Å². The number of anilines is 4.